The van der Waals surface area contributed by atoms with Gasteiger partial charge in [-0.25, -0.2) is 13.1 Å². The Morgan fingerprint density at radius 3 is 3.00 bits per heavy atom. The van der Waals surface area contributed by atoms with Crippen LogP contribution < -0.4 is 4.72 Å². The number of hydrogen-bond acceptors (Lipinski definition) is 3. The van der Waals surface area contributed by atoms with Gasteiger partial charge in [0.15, 0.2) is 0 Å². The summed E-state index contributed by atoms with van der Waals surface area (Å²) in [5, 5.41) is -0.0961. The van der Waals surface area contributed by atoms with Crippen LogP contribution >= 0.6 is 0 Å². The summed E-state index contributed by atoms with van der Waals surface area (Å²) in [6.07, 6.45) is -3.20. The third-order valence-corrected chi connectivity index (χ3v) is 3.18. The highest BCUT2D eigenvalue weighted by molar-refractivity contribution is 7.88. The molecule has 0 radical (unpaired) electrons. The van der Waals surface area contributed by atoms with E-state index in [4.69, 9.17) is 13.7 Å². The van der Waals surface area contributed by atoms with Crippen molar-refractivity contribution in [3.05, 3.63) is 35.5 Å². The average molecular weight is 305 g/mol. The number of fused-ring (bicyclic) bond motifs is 1. The summed E-state index contributed by atoms with van der Waals surface area (Å²) < 4.78 is 104. The monoisotopic (exact) mass is 305 g/mol. The van der Waals surface area contributed by atoms with Crippen LogP contribution in [-0.2, 0) is 22.1 Å². The van der Waals surface area contributed by atoms with Gasteiger partial charge < -0.3 is 9.88 Å². The number of aromatic amines is 1. The zero-order valence-corrected chi connectivity index (χ0v) is 11.7. The van der Waals surface area contributed by atoms with E-state index in [0.717, 1.165) is 17.0 Å². The molecule has 110 valence electrons. The van der Waals surface area contributed by atoms with Gasteiger partial charge in [-0.1, -0.05) is 6.07 Å². The molecule has 0 saturated carbocycles. The lowest BCUT2D eigenvalue weighted by molar-refractivity contribution is 0.414. The molecule has 0 aliphatic carbocycles. The molecule has 0 unspecified atom stereocenters. The second-order valence-electron chi connectivity index (χ2n) is 4.22. The summed E-state index contributed by atoms with van der Waals surface area (Å²) in [7, 11) is -2.41. The normalized spacial score (nSPS) is 22.6. The van der Waals surface area contributed by atoms with Crippen molar-refractivity contribution in [3.8, 4) is 0 Å². The lowest BCUT2D eigenvalue weighted by Gasteiger charge is -2.08. The lowest BCUT2D eigenvalue weighted by atomic mass is 10.1. The summed E-state index contributed by atoms with van der Waals surface area (Å²) in [6, 6.07) is 3.26. The standard InChI is InChI=1S/C14H21N3O2S/c1-15-20(18,19)10-11-4-5-14-13(8-11)12(9-16-14)6-7-17(2)3/h4-5,8-9,15-16H,6-7,10H2,1-3H3/i1D3,6D2,7D2,9D,10D2. The van der Waals surface area contributed by atoms with E-state index < -0.39 is 52.9 Å². The van der Waals surface area contributed by atoms with Gasteiger partial charge in [0.2, 0.25) is 10.0 Å². The molecule has 0 bridgehead atoms. The van der Waals surface area contributed by atoms with Crippen LogP contribution in [0.4, 0.5) is 0 Å². The number of rotatable bonds is 6. The Morgan fingerprint density at radius 1 is 1.50 bits per heavy atom. The molecule has 1 aromatic heterocycles. The summed E-state index contributed by atoms with van der Waals surface area (Å²) in [5.41, 5.74) is -3.98. The first-order valence-electron chi connectivity index (χ1n) is 10.6. The predicted octanol–water partition coefficient (Wildman–Crippen LogP) is 1.32. The minimum Gasteiger partial charge on any atom is -0.361 e. The molecule has 1 aromatic carbocycles. The summed E-state index contributed by atoms with van der Waals surface area (Å²) in [6.45, 7) is -5.73. The molecule has 0 atom stereocenters. The van der Waals surface area contributed by atoms with E-state index in [2.05, 4.69) is 4.98 Å². The van der Waals surface area contributed by atoms with Gasteiger partial charge in [-0.15, -0.1) is 0 Å². The first kappa shape index (κ1) is 6.60. The second kappa shape index (κ2) is 5.95. The molecule has 2 rings (SSSR count). The summed E-state index contributed by atoms with van der Waals surface area (Å²) in [4.78, 5) is 3.55. The molecular formula is C14H21N3O2S. The minimum atomic E-state index is -5.03. The molecule has 0 aliphatic heterocycles. The maximum Gasteiger partial charge on any atom is 0.215 e. The molecule has 20 heavy (non-hydrogen) atoms. The Balaban J connectivity index is 2.74. The Morgan fingerprint density at radius 2 is 2.30 bits per heavy atom. The van der Waals surface area contributed by atoms with E-state index >= 15 is 0 Å². The molecule has 2 N–H and O–H groups in total. The number of H-pyrrole nitrogens is 1. The third-order valence-electron chi connectivity index (χ3n) is 2.40. The van der Waals surface area contributed by atoms with Crippen molar-refractivity contribution in [2.75, 3.05) is 27.6 Å². The maximum atomic E-state index is 12.3. The van der Waals surface area contributed by atoms with Crippen molar-refractivity contribution in [2.24, 2.45) is 0 Å². The molecule has 1 heterocycles. The van der Waals surface area contributed by atoms with E-state index in [1.807, 2.05) is 0 Å². The van der Waals surface area contributed by atoms with E-state index in [1.165, 1.54) is 24.9 Å². The third kappa shape index (κ3) is 3.59. The average Bonchev–Trinajstić information content (AvgIpc) is 2.87. The van der Waals surface area contributed by atoms with Crippen LogP contribution in [0.2, 0.25) is 0 Å². The van der Waals surface area contributed by atoms with E-state index in [9.17, 15) is 8.42 Å². The number of nitrogens with one attached hydrogen (secondary N) is 2. The Hall–Kier alpha value is -1.37. The van der Waals surface area contributed by atoms with Gasteiger partial charge in [0.25, 0.3) is 0 Å². The first-order valence-corrected chi connectivity index (χ1v) is 7.08. The highest BCUT2D eigenvalue weighted by Gasteiger charge is 2.11. The fraction of sp³-hybridized carbons (Fsp3) is 0.429. The number of sulfonamides is 1. The van der Waals surface area contributed by atoms with E-state index in [1.54, 1.807) is 0 Å². The van der Waals surface area contributed by atoms with Gasteiger partial charge in [0, 0.05) is 35.9 Å². The zero-order valence-electron chi connectivity index (χ0n) is 20.9. The zero-order chi connectivity index (χ0) is 23.5. The van der Waals surface area contributed by atoms with Gasteiger partial charge in [0.1, 0.15) is 0 Å². The van der Waals surface area contributed by atoms with Crippen molar-refractivity contribution in [3.63, 3.8) is 0 Å². The fourth-order valence-electron chi connectivity index (χ4n) is 1.57. The van der Waals surface area contributed by atoms with Crippen LogP contribution in [0.25, 0.3) is 10.9 Å². The molecule has 0 fully saturated rings. The fourth-order valence-corrected chi connectivity index (χ4v) is 2.06. The molecule has 0 saturated heterocycles. The molecule has 0 aliphatic rings. The number of nitrogens with zero attached hydrogens (tertiary/aromatic N) is 1. The SMILES string of the molecule is [2H]c1[nH]c2ccc(C([2H])([2H])S(=O)(=O)NC([2H])([2H])[2H])cc2c1C([2H])([2H])C([2H])([2H])N(C)C. The van der Waals surface area contributed by atoms with Gasteiger partial charge >= 0.3 is 0 Å². The Kier molecular flexibility index (Phi) is 1.96. The summed E-state index contributed by atoms with van der Waals surface area (Å²) >= 11 is 0. The van der Waals surface area contributed by atoms with Crippen LogP contribution in [0.3, 0.4) is 0 Å². The molecule has 5 nitrogen and oxygen atoms in total. The number of aromatic nitrogens is 1. The van der Waals surface area contributed by atoms with Gasteiger partial charge in [-0.05, 0) is 50.7 Å². The molecule has 2 aromatic rings. The second-order valence-corrected chi connectivity index (χ2v) is 5.64. The van der Waals surface area contributed by atoms with Gasteiger partial charge in [0.05, 0.1) is 7.08 Å². The molecule has 0 amide bonds. The Labute approximate surface area is 134 Å². The van der Waals surface area contributed by atoms with E-state index in [-0.39, 0.29) is 10.9 Å². The smallest absolute Gasteiger partial charge is 0.215 e. The van der Waals surface area contributed by atoms with Crippen LogP contribution in [0, 0.1) is 0 Å². The van der Waals surface area contributed by atoms with Crippen LogP contribution in [0.15, 0.2) is 24.4 Å². The van der Waals surface area contributed by atoms with Crippen LogP contribution in [-0.4, -0.2) is 45.9 Å². The van der Waals surface area contributed by atoms with Gasteiger partial charge in [-0.2, -0.15) is 0 Å². The minimum absolute atomic E-state index is 0.0961. The van der Waals surface area contributed by atoms with Crippen molar-refractivity contribution in [1.82, 2.24) is 14.6 Å². The van der Waals surface area contributed by atoms with Crippen molar-refractivity contribution in [2.45, 2.75) is 12.1 Å². The highest BCUT2D eigenvalue weighted by atomic mass is 32.2. The predicted molar refractivity (Wildman–Crippen MR) is 82.2 cm³/mol. The number of likely N-dealkylation sites (N-methyl/N-ethyl adjacent to an activating group) is 1. The molecule has 0 spiro atoms. The first-order chi connectivity index (χ1) is 13.3. The Bertz CT molecular complexity index is 1060. The quantitative estimate of drug-likeness (QED) is 0.846. The maximum absolute atomic E-state index is 12.3. The highest BCUT2D eigenvalue weighted by Crippen LogP contribution is 2.21. The van der Waals surface area contributed by atoms with Gasteiger partial charge in [-0.3, -0.25) is 0 Å². The summed E-state index contributed by atoms with van der Waals surface area (Å²) in [5.74, 6) is 0. The number of hydrogen-bond donors (Lipinski definition) is 2. The molecule has 6 heteroatoms. The van der Waals surface area contributed by atoms with Crippen molar-refractivity contribution >= 4 is 20.9 Å². The van der Waals surface area contributed by atoms with Crippen molar-refractivity contribution < 1.29 is 22.1 Å². The van der Waals surface area contributed by atoms with Crippen molar-refractivity contribution in [1.29, 1.82) is 0 Å². The lowest BCUT2D eigenvalue weighted by Crippen LogP contribution is -2.20. The topological polar surface area (TPSA) is 65.2 Å². The van der Waals surface area contributed by atoms with Crippen LogP contribution in [0.1, 0.15) is 24.8 Å². The number of benzene rings is 1. The van der Waals surface area contributed by atoms with E-state index in [0.29, 0.717) is 0 Å². The largest absolute Gasteiger partial charge is 0.361 e. The van der Waals surface area contributed by atoms with Crippen LogP contribution in [0.5, 0.6) is 0 Å². The number of aryl methyl sites for hydroxylation is 1. The molecular weight excluding hydrogens is 274 g/mol.